The van der Waals surface area contributed by atoms with Crippen LogP contribution in [0, 0.1) is 0 Å². The molecule has 2 aliphatic rings. The Morgan fingerprint density at radius 1 is 1.28 bits per heavy atom. The maximum Gasteiger partial charge on any atom is 0.128 e. The number of nitrogens with one attached hydrogen (secondary N) is 1. The molecule has 0 saturated carbocycles. The second-order valence-corrected chi connectivity index (χ2v) is 5.15. The third-order valence-corrected chi connectivity index (χ3v) is 3.75. The summed E-state index contributed by atoms with van der Waals surface area (Å²) in [5, 5.41) is 3.40. The van der Waals surface area contributed by atoms with Gasteiger partial charge in [0, 0.05) is 25.8 Å². The summed E-state index contributed by atoms with van der Waals surface area (Å²) in [7, 11) is 0. The van der Waals surface area contributed by atoms with E-state index in [0.717, 1.165) is 38.4 Å². The lowest BCUT2D eigenvalue weighted by Crippen LogP contribution is -2.38. The minimum atomic E-state index is 0.372. The topological polar surface area (TPSA) is 37.4 Å². The average molecular weight is 247 g/mol. The third kappa shape index (κ3) is 2.82. The Labute approximate surface area is 108 Å². The van der Waals surface area contributed by atoms with E-state index in [-0.39, 0.29) is 0 Å². The van der Waals surface area contributed by atoms with Crippen molar-refractivity contribution >= 4 is 5.82 Å². The Bertz CT molecular complexity index is 365. The smallest absolute Gasteiger partial charge is 0.128 e. The molecule has 2 fully saturated rings. The van der Waals surface area contributed by atoms with E-state index in [1.807, 2.05) is 18.3 Å². The van der Waals surface area contributed by atoms with Crippen LogP contribution in [0.15, 0.2) is 24.4 Å². The number of rotatable bonds is 3. The first-order chi connectivity index (χ1) is 8.92. The van der Waals surface area contributed by atoms with Gasteiger partial charge in [0.2, 0.25) is 0 Å². The van der Waals surface area contributed by atoms with Gasteiger partial charge in [0.05, 0.1) is 12.2 Å². The first-order valence-corrected chi connectivity index (χ1v) is 6.94. The number of nitrogens with zero attached hydrogens (tertiary/aromatic N) is 2. The van der Waals surface area contributed by atoms with Crippen LogP contribution in [0.4, 0.5) is 5.82 Å². The van der Waals surface area contributed by atoms with Crippen LogP contribution in [0.25, 0.3) is 0 Å². The monoisotopic (exact) mass is 247 g/mol. The molecule has 2 aliphatic heterocycles. The van der Waals surface area contributed by atoms with Gasteiger partial charge >= 0.3 is 0 Å². The Morgan fingerprint density at radius 2 is 2.28 bits per heavy atom. The van der Waals surface area contributed by atoms with Crippen molar-refractivity contribution < 1.29 is 4.74 Å². The van der Waals surface area contributed by atoms with Gasteiger partial charge in [-0.15, -0.1) is 0 Å². The predicted octanol–water partition coefficient (Wildman–Crippen LogP) is 1.43. The first kappa shape index (κ1) is 11.9. The molecular weight excluding hydrogens is 226 g/mol. The normalized spacial score (nSPS) is 28.6. The van der Waals surface area contributed by atoms with Crippen molar-refractivity contribution in [3.05, 3.63) is 24.4 Å². The van der Waals surface area contributed by atoms with Gasteiger partial charge in [-0.25, -0.2) is 4.98 Å². The number of hydrogen-bond donors (Lipinski definition) is 1. The van der Waals surface area contributed by atoms with Gasteiger partial charge in [0.15, 0.2) is 0 Å². The minimum Gasteiger partial charge on any atom is -0.372 e. The molecule has 0 aliphatic carbocycles. The van der Waals surface area contributed by atoms with Crippen LogP contribution in [0.2, 0.25) is 0 Å². The zero-order valence-electron chi connectivity index (χ0n) is 10.7. The highest BCUT2D eigenvalue weighted by Crippen LogP contribution is 2.21. The van der Waals surface area contributed by atoms with Crippen LogP contribution in [-0.4, -0.2) is 43.4 Å². The zero-order valence-corrected chi connectivity index (χ0v) is 10.7. The third-order valence-electron chi connectivity index (χ3n) is 3.75. The van der Waals surface area contributed by atoms with Crippen LogP contribution < -0.4 is 10.2 Å². The summed E-state index contributed by atoms with van der Waals surface area (Å²) in [6.07, 6.45) is 6.19. The molecule has 2 atom stereocenters. The highest BCUT2D eigenvalue weighted by molar-refractivity contribution is 5.39. The van der Waals surface area contributed by atoms with Crippen molar-refractivity contribution in [1.82, 2.24) is 10.3 Å². The fourth-order valence-corrected chi connectivity index (χ4v) is 2.80. The number of aromatic nitrogens is 1. The Morgan fingerprint density at radius 3 is 3.06 bits per heavy atom. The van der Waals surface area contributed by atoms with Crippen molar-refractivity contribution in [3.63, 3.8) is 0 Å². The van der Waals surface area contributed by atoms with Gasteiger partial charge < -0.3 is 15.0 Å². The molecule has 1 N–H and O–H groups in total. The molecule has 3 heterocycles. The van der Waals surface area contributed by atoms with E-state index in [1.165, 1.54) is 12.8 Å². The summed E-state index contributed by atoms with van der Waals surface area (Å²) in [6, 6.07) is 6.08. The fraction of sp³-hybridized carbons (Fsp3) is 0.643. The summed E-state index contributed by atoms with van der Waals surface area (Å²) >= 11 is 0. The van der Waals surface area contributed by atoms with E-state index in [9.17, 15) is 0 Å². The lowest BCUT2D eigenvalue weighted by molar-refractivity contribution is -0.0117. The van der Waals surface area contributed by atoms with Crippen LogP contribution in [0.3, 0.4) is 0 Å². The molecule has 98 valence electrons. The van der Waals surface area contributed by atoms with Gasteiger partial charge in [-0.2, -0.15) is 0 Å². The number of pyridine rings is 1. The number of hydrogen-bond acceptors (Lipinski definition) is 4. The molecule has 0 aromatic carbocycles. The number of anilines is 1. The summed E-state index contributed by atoms with van der Waals surface area (Å²) in [5.74, 6) is 1.07. The molecule has 2 unspecified atom stereocenters. The lowest BCUT2D eigenvalue weighted by Gasteiger charge is -2.26. The quantitative estimate of drug-likeness (QED) is 0.877. The SMILES string of the molecule is c1ccc(N2CCC(OC3CCCNC3)C2)nc1. The highest BCUT2D eigenvalue weighted by Gasteiger charge is 2.27. The maximum atomic E-state index is 6.17. The van der Waals surface area contributed by atoms with Gasteiger partial charge in [0.25, 0.3) is 0 Å². The van der Waals surface area contributed by atoms with Crippen LogP contribution in [0.1, 0.15) is 19.3 Å². The largest absolute Gasteiger partial charge is 0.372 e. The molecule has 18 heavy (non-hydrogen) atoms. The number of piperidine rings is 1. The van der Waals surface area contributed by atoms with Crippen molar-refractivity contribution in [2.24, 2.45) is 0 Å². The molecular formula is C14H21N3O. The fourth-order valence-electron chi connectivity index (χ4n) is 2.80. The molecule has 4 heteroatoms. The lowest BCUT2D eigenvalue weighted by atomic mass is 10.1. The van der Waals surface area contributed by atoms with Crippen LogP contribution in [-0.2, 0) is 4.74 Å². The predicted molar refractivity (Wildman–Crippen MR) is 71.8 cm³/mol. The van der Waals surface area contributed by atoms with Crippen molar-refractivity contribution in [2.45, 2.75) is 31.5 Å². The van der Waals surface area contributed by atoms with Gasteiger partial charge in [-0.3, -0.25) is 0 Å². The molecule has 3 rings (SSSR count). The van der Waals surface area contributed by atoms with Crippen LogP contribution >= 0.6 is 0 Å². The minimum absolute atomic E-state index is 0.372. The molecule has 0 bridgehead atoms. The van der Waals surface area contributed by atoms with Crippen molar-refractivity contribution in [1.29, 1.82) is 0 Å². The zero-order chi connectivity index (χ0) is 12.2. The second-order valence-electron chi connectivity index (χ2n) is 5.15. The Hall–Kier alpha value is -1.13. The molecule has 0 amide bonds. The summed E-state index contributed by atoms with van der Waals surface area (Å²) < 4.78 is 6.17. The molecule has 0 spiro atoms. The summed E-state index contributed by atoms with van der Waals surface area (Å²) in [6.45, 7) is 4.19. The van der Waals surface area contributed by atoms with Crippen molar-refractivity contribution in [2.75, 3.05) is 31.1 Å². The van der Waals surface area contributed by atoms with Gasteiger partial charge in [-0.1, -0.05) is 6.07 Å². The molecule has 0 radical (unpaired) electrons. The molecule has 1 aromatic heterocycles. The number of ether oxygens (including phenoxy) is 1. The van der Waals surface area contributed by atoms with Crippen molar-refractivity contribution in [3.8, 4) is 0 Å². The van der Waals surface area contributed by atoms with E-state index >= 15 is 0 Å². The summed E-state index contributed by atoms with van der Waals surface area (Å²) in [5.41, 5.74) is 0. The average Bonchev–Trinajstić information content (AvgIpc) is 2.89. The Balaban J connectivity index is 1.52. The second kappa shape index (κ2) is 5.67. The standard InChI is InChI=1S/C14H21N3O/c1-2-8-16-14(5-1)17-9-6-13(11-17)18-12-4-3-7-15-10-12/h1-2,5,8,12-13,15H,3-4,6-7,9-11H2. The molecule has 1 aromatic rings. The molecule has 2 saturated heterocycles. The molecule has 4 nitrogen and oxygen atoms in total. The van der Waals surface area contributed by atoms with E-state index in [1.54, 1.807) is 0 Å². The first-order valence-electron chi connectivity index (χ1n) is 6.94. The maximum absolute atomic E-state index is 6.17. The van der Waals surface area contributed by atoms with Gasteiger partial charge in [-0.05, 0) is 37.9 Å². The van der Waals surface area contributed by atoms with E-state index in [4.69, 9.17) is 4.74 Å². The summed E-state index contributed by atoms with van der Waals surface area (Å²) in [4.78, 5) is 6.72. The van der Waals surface area contributed by atoms with E-state index in [2.05, 4.69) is 21.3 Å². The van der Waals surface area contributed by atoms with E-state index < -0.39 is 0 Å². The van der Waals surface area contributed by atoms with E-state index in [0.29, 0.717) is 12.2 Å². The van der Waals surface area contributed by atoms with Crippen LogP contribution in [0.5, 0.6) is 0 Å². The van der Waals surface area contributed by atoms with Gasteiger partial charge in [0.1, 0.15) is 5.82 Å². The highest BCUT2D eigenvalue weighted by atomic mass is 16.5. The Kier molecular flexibility index (Phi) is 3.76.